The molecule has 0 unspecified atom stereocenters. The molecule has 1 aromatic carbocycles. The molecule has 1 saturated heterocycles. The van der Waals surface area contributed by atoms with E-state index in [0.29, 0.717) is 17.9 Å². The smallest absolute Gasteiger partial charge is 0.271 e. The van der Waals surface area contributed by atoms with Gasteiger partial charge < -0.3 is 4.90 Å². The van der Waals surface area contributed by atoms with Gasteiger partial charge in [-0.2, -0.15) is 5.10 Å². The van der Waals surface area contributed by atoms with Gasteiger partial charge in [0.2, 0.25) is 5.91 Å². The molecule has 1 heterocycles. The quantitative estimate of drug-likeness (QED) is 0.841. The average molecular weight is 353 g/mol. The van der Waals surface area contributed by atoms with Crippen LogP contribution in [0.3, 0.4) is 0 Å². The van der Waals surface area contributed by atoms with Gasteiger partial charge in [-0.25, -0.2) is 5.43 Å². The highest BCUT2D eigenvalue weighted by molar-refractivity contribution is 6.00. The van der Waals surface area contributed by atoms with Crippen molar-refractivity contribution < 1.29 is 9.59 Å². The number of hydrogen-bond donors (Lipinski definition) is 1. The van der Waals surface area contributed by atoms with Crippen LogP contribution in [0.1, 0.15) is 63.2 Å². The van der Waals surface area contributed by atoms with Gasteiger partial charge in [0, 0.05) is 35.3 Å². The maximum Gasteiger partial charge on any atom is 0.271 e. The molecule has 1 aromatic rings. The highest BCUT2D eigenvalue weighted by Crippen LogP contribution is 2.63. The molecule has 1 aliphatic heterocycles. The van der Waals surface area contributed by atoms with E-state index >= 15 is 0 Å². The Bertz CT molecular complexity index is 798. The molecule has 2 aliphatic carbocycles. The van der Waals surface area contributed by atoms with Gasteiger partial charge in [0.25, 0.3) is 5.91 Å². The lowest BCUT2D eigenvalue weighted by Gasteiger charge is -2.34. The van der Waals surface area contributed by atoms with Crippen LogP contribution < -0.4 is 10.3 Å². The predicted octanol–water partition coefficient (Wildman–Crippen LogP) is 3.75. The van der Waals surface area contributed by atoms with Gasteiger partial charge in [-0.3, -0.25) is 9.59 Å². The van der Waals surface area contributed by atoms with E-state index in [2.05, 4.69) is 31.3 Å². The first-order valence-corrected chi connectivity index (χ1v) is 9.61. The molecule has 3 aliphatic rings. The summed E-state index contributed by atoms with van der Waals surface area (Å²) in [5.41, 5.74) is 5.54. The van der Waals surface area contributed by atoms with Crippen LogP contribution in [-0.4, -0.2) is 24.1 Å². The molecule has 5 heteroatoms. The number of hydrogen-bond acceptors (Lipinski definition) is 3. The zero-order valence-corrected chi connectivity index (χ0v) is 15.8. The Kier molecular flexibility index (Phi) is 3.94. The van der Waals surface area contributed by atoms with Crippen molar-refractivity contribution in [1.82, 2.24) is 5.43 Å². The Morgan fingerprint density at radius 2 is 2.12 bits per heavy atom. The van der Waals surface area contributed by atoms with Crippen LogP contribution in [0.4, 0.5) is 5.69 Å². The molecule has 5 nitrogen and oxygen atoms in total. The Balaban J connectivity index is 1.50. The standard InChI is InChI=1S/C21H27N3O2/c1-20(2)15-9-10-21(20,3)17(13-15)22-23-19(26)14-6-4-7-16(12-14)24-11-5-8-18(24)25/h4,6-7,12,15H,5,8-11,13H2,1-3H3,(H,23,26)/b22-17+/t15-,21-/m0/s1. The monoisotopic (exact) mass is 353 g/mol. The summed E-state index contributed by atoms with van der Waals surface area (Å²) in [4.78, 5) is 26.3. The average Bonchev–Trinajstić information content (AvgIpc) is 3.20. The summed E-state index contributed by atoms with van der Waals surface area (Å²) in [6.45, 7) is 7.66. The SMILES string of the molecule is CC1(C)[C@H]2CC[C@@]1(C)/C(=N/NC(=O)c1cccc(N3CCCC3=O)c1)C2. The van der Waals surface area contributed by atoms with Crippen molar-refractivity contribution in [3.63, 3.8) is 0 Å². The van der Waals surface area contributed by atoms with E-state index in [-0.39, 0.29) is 22.6 Å². The maximum atomic E-state index is 12.6. The second kappa shape index (κ2) is 5.93. The third-order valence-electron chi connectivity index (χ3n) is 7.30. The zero-order valence-electron chi connectivity index (χ0n) is 15.8. The van der Waals surface area contributed by atoms with Gasteiger partial charge in [-0.15, -0.1) is 0 Å². The highest BCUT2D eigenvalue weighted by atomic mass is 16.2. The normalized spacial score (nSPS) is 31.0. The van der Waals surface area contributed by atoms with Crippen molar-refractivity contribution in [2.24, 2.45) is 21.8 Å². The third-order valence-corrected chi connectivity index (χ3v) is 7.30. The summed E-state index contributed by atoms with van der Waals surface area (Å²) in [6, 6.07) is 7.26. The summed E-state index contributed by atoms with van der Waals surface area (Å²) in [6.07, 6.45) is 4.83. The highest BCUT2D eigenvalue weighted by Gasteiger charge is 2.60. The van der Waals surface area contributed by atoms with Crippen LogP contribution in [0, 0.1) is 16.7 Å². The van der Waals surface area contributed by atoms with Gasteiger partial charge in [0.1, 0.15) is 0 Å². The lowest BCUT2D eigenvalue weighted by molar-refractivity contribution is -0.117. The maximum absolute atomic E-state index is 12.6. The van der Waals surface area contributed by atoms with Crippen molar-refractivity contribution in [2.75, 3.05) is 11.4 Å². The van der Waals surface area contributed by atoms with Crippen LogP contribution in [0.5, 0.6) is 0 Å². The van der Waals surface area contributed by atoms with Crippen LogP contribution in [0.25, 0.3) is 0 Å². The molecular formula is C21H27N3O2. The van der Waals surface area contributed by atoms with Gasteiger partial charge in [0.15, 0.2) is 0 Å². The summed E-state index contributed by atoms with van der Waals surface area (Å²) >= 11 is 0. The van der Waals surface area contributed by atoms with Crippen molar-refractivity contribution in [3.05, 3.63) is 29.8 Å². The third kappa shape index (κ3) is 2.48. The van der Waals surface area contributed by atoms with Crippen molar-refractivity contribution >= 4 is 23.2 Å². The van der Waals surface area contributed by atoms with Crippen molar-refractivity contribution in [1.29, 1.82) is 0 Å². The second-order valence-electron chi connectivity index (χ2n) is 8.69. The molecule has 0 aromatic heterocycles. The van der Waals surface area contributed by atoms with Crippen molar-refractivity contribution in [3.8, 4) is 0 Å². The minimum atomic E-state index is -0.213. The molecule has 138 valence electrons. The number of hydrazone groups is 1. The predicted molar refractivity (Wildman–Crippen MR) is 102 cm³/mol. The fourth-order valence-corrected chi connectivity index (χ4v) is 5.02. The van der Waals surface area contributed by atoms with Gasteiger partial charge in [0.05, 0.1) is 0 Å². The number of nitrogens with zero attached hydrogens (tertiary/aromatic N) is 2. The zero-order chi connectivity index (χ0) is 18.5. The van der Waals surface area contributed by atoms with Gasteiger partial charge >= 0.3 is 0 Å². The number of benzene rings is 1. The largest absolute Gasteiger partial charge is 0.312 e. The van der Waals surface area contributed by atoms with E-state index in [1.165, 1.54) is 6.42 Å². The van der Waals surface area contributed by atoms with Crippen molar-refractivity contribution in [2.45, 2.75) is 52.9 Å². The molecule has 2 bridgehead atoms. The summed E-state index contributed by atoms with van der Waals surface area (Å²) in [5, 5.41) is 4.53. The molecule has 4 rings (SSSR count). The fraction of sp³-hybridized carbons (Fsp3) is 0.571. The number of nitrogens with one attached hydrogen (secondary N) is 1. The summed E-state index contributed by atoms with van der Waals surface area (Å²) < 4.78 is 0. The molecule has 1 N–H and O–H groups in total. The molecule has 3 fully saturated rings. The van der Waals surface area contributed by atoms with E-state index in [1.807, 2.05) is 12.1 Å². The van der Waals surface area contributed by atoms with Gasteiger partial charge in [-0.05, 0) is 55.2 Å². The minimum absolute atomic E-state index is 0.0781. The van der Waals surface area contributed by atoms with E-state index in [0.717, 1.165) is 37.2 Å². The first kappa shape index (κ1) is 17.3. The first-order valence-electron chi connectivity index (χ1n) is 9.61. The summed E-state index contributed by atoms with van der Waals surface area (Å²) in [5.74, 6) is 0.572. The lowest BCUT2D eigenvalue weighted by atomic mass is 9.70. The van der Waals surface area contributed by atoms with E-state index in [9.17, 15) is 9.59 Å². The minimum Gasteiger partial charge on any atom is -0.312 e. The topological polar surface area (TPSA) is 61.8 Å². The Morgan fingerprint density at radius 3 is 2.73 bits per heavy atom. The Morgan fingerprint density at radius 1 is 1.31 bits per heavy atom. The van der Waals surface area contributed by atoms with Crippen LogP contribution in [0.15, 0.2) is 29.4 Å². The molecule has 2 atom stereocenters. The number of carbonyl (C=O) groups excluding carboxylic acids is 2. The molecule has 26 heavy (non-hydrogen) atoms. The fourth-order valence-electron chi connectivity index (χ4n) is 5.02. The molecule has 2 saturated carbocycles. The molecule has 0 spiro atoms. The van der Waals surface area contributed by atoms with Crippen LogP contribution in [-0.2, 0) is 4.79 Å². The van der Waals surface area contributed by atoms with E-state index in [1.54, 1.807) is 17.0 Å². The number of amides is 2. The molecule has 2 amide bonds. The Hall–Kier alpha value is -2.17. The van der Waals surface area contributed by atoms with E-state index in [4.69, 9.17) is 0 Å². The Labute approximate surface area is 154 Å². The number of anilines is 1. The molecule has 0 radical (unpaired) electrons. The first-order chi connectivity index (χ1) is 12.3. The van der Waals surface area contributed by atoms with E-state index < -0.39 is 0 Å². The van der Waals surface area contributed by atoms with Crippen LogP contribution >= 0.6 is 0 Å². The lowest BCUT2D eigenvalue weighted by Crippen LogP contribution is -2.34. The second-order valence-corrected chi connectivity index (χ2v) is 8.69. The number of carbonyl (C=O) groups is 2. The molecular weight excluding hydrogens is 326 g/mol. The number of fused-ring (bicyclic) bond motifs is 2. The summed E-state index contributed by atoms with van der Waals surface area (Å²) in [7, 11) is 0. The van der Waals surface area contributed by atoms with Crippen LogP contribution in [0.2, 0.25) is 0 Å². The van der Waals surface area contributed by atoms with Gasteiger partial charge in [-0.1, -0.05) is 26.8 Å². The number of rotatable bonds is 3.